The average molecular weight is 836 g/mol. The van der Waals surface area contributed by atoms with E-state index in [0.29, 0.717) is 17.5 Å². The molecule has 2 aliphatic heterocycles. The molecule has 0 unspecified atom stereocenters. The normalized spacial score (nSPS) is 13.5. The first-order valence-electron chi connectivity index (χ1n) is 22.7. The van der Waals surface area contributed by atoms with Crippen molar-refractivity contribution in [3.05, 3.63) is 198 Å². The SMILES string of the molecule is C/C=C(\C=C(/C)c1ccccc1)c1nc(-c2cccc(-c3ccccc3)c2)nc(-c2cc(-c3ccc(C4=CCCC=N4)cc3)cc(-c3ccc(C4=CCCC=N4)cc3)c2)n1.CC.CC. The van der Waals surface area contributed by atoms with E-state index in [9.17, 15) is 0 Å². The lowest BCUT2D eigenvalue weighted by molar-refractivity contribution is 1.04. The zero-order valence-electron chi connectivity index (χ0n) is 38.0. The smallest absolute Gasteiger partial charge is 0.164 e. The molecule has 0 spiro atoms. The van der Waals surface area contributed by atoms with E-state index in [2.05, 4.69) is 181 Å². The van der Waals surface area contributed by atoms with Gasteiger partial charge < -0.3 is 0 Å². The monoisotopic (exact) mass is 835 g/mol. The number of hydrogen-bond acceptors (Lipinski definition) is 5. The summed E-state index contributed by atoms with van der Waals surface area (Å²) in [4.78, 5) is 25.0. The summed E-state index contributed by atoms with van der Waals surface area (Å²) in [7, 11) is 0. The zero-order valence-corrected chi connectivity index (χ0v) is 38.0. The third kappa shape index (κ3) is 10.8. The van der Waals surface area contributed by atoms with Crippen molar-refractivity contribution in [3.63, 3.8) is 0 Å². The maximum Gasteiger partial charge on any atom is 0.164 e. The molecule has 0 radical (unpaired) electrons. The van der Waals surface area contributed by atoms with Gasteiger partial charge in [0.25, 0.3) is 0 Å². The van der Waals surface area contributed by atoms with Gasteiger partial charge in [-0.3, -0.25) is 9.98 Å². The van der Waals surface area contributed by atoms with Gasteiger partial charge in [-0.25, -0.2) is 15.0 Å². The van der Waals surface area contributed by atoms with Crippen LogP contribution in [0.3, 0.4) is 0 Å². The molecule has 6 aromatic carbocycles. The molecule has 0 fully saturated rings. The van der Waals surface area contributed by atoms with Crippen molar-refractivity contribution in [2.75, 3.05) is 0 Å². The fourth-order valence-electron chi connectivity index (χ4n) is 7.69. The van der Waals surface area contributed by atoms with Crippen LogP contribution < -0.4 is 0 Å². The molecule has 9 rings (SSSR count). The Balaban J connectivity index is 0.00000149. The number of rotatable bonds is 10. The summed E-state index contributed by atoms with van der Waals surface area (Å²) in [5.74, 6) is 1.83. The summed E-state index contributed by atoms with van der Waals surface area (Å²) in [6.45, 7) is 12.2. The molecule has 1 aromatic heterocycles. The number of hydrogen-bond donors (Lipinski definition) is 0. The van der Waals surface area contributed by atoms with Crippen LogP contribution in [0.5, 0.6) is 0 Å². The Hall–Kier alpha value is -7.37. The summed E-state index contributed by atoms with van der Waals surface area (Å²) < 4.78 is 0. The third-order valence-electron chi connectivity index (χ3n) is 11.0. The second-order valence-electron chi connectivity index (χ2n) is 15.1. The summed E-state index contributed by atoms with van der Waals surface area (Å²) in [6, 6.07) is 53.4. The Bertz CT molecular complexity index is 2750. The highest BCUT2D eigenvalue weighted by Gasteiger charge is 2.17. The number of allylic oxidation sites excluding steroid dienone is 6. The lowest BCUT2D eigenvalue weighted by Gasteiger charge is -2.14. The third-order valence-corrected chi connectivity index (χ3v) is 11.0. The van der Waals surface area contributed by atoms with E-state index in [1.54, 1.807) is 0 Å². The number of benzene rings is 6. The maximum atomic E-state index is 5.27. The molecule has 0 amide bonds. The number of aromatic nitrogens is 3. The van der Waals surface area contributed by atoms with Crippen LogP contribution in [0.1, 0.15) is 89.7 Å². The minimum atomic E-state index is 0.602. The Labute approximate surface area is 380 Å². The highest BCUT2D eigenvalue weighted by Crippen LogP contribution is 2.35. The summed E-state index contributed by atoms with van der Waals surface area (Å²) in [5, 5.41) is 0. The summed E-state index contributed by atoms with van der Waals surface area (Å²) in [6.07, 6.45) is 16.7. The number of aliphatic imine (C=N–C) groups is 2. The molecule has 7 aromatic rings. The van der Waals surface area contributed by atoms with Crippen molar-refractivity contribution in [1.82, 2.24) is 15.0 Å². The zero-order chi connectivity index (χ0) is 44.7. The van der Waals surface area contributed by atoms with Crippen molar-refractivity contribution in [1.29, 1.82) is 0 Å². The van der Waals surface area contributed by atoms with Crippen molar-refractivity contribution in [2.45, 2.75) is 67.2 Å². The summed E-state index contributed by atoms with van der Waals surface area (Å²) >= 11 is 0. The van der Waals surface area contributed by atoms with Gasteiger partial charge in [0.1, 0.15) is 0 Å². The van der Waals surface area contributed by atoms with Crippen LogP contribution in [0.25, 0.3) is 78.7 Å². The predicted octanol–water partition coefficient (Wildman–Crippen LogP) is 16.2. The lowest BCUT2D eigenvalue weighted by atomic mass is 9.94. The van der Waals surface area contributed by atoms with Gasteiger partial charge in [-0.2, -0.15) is 0 Å². The second-order valence-corrected chi connectivity index (χ2v) is 15.1. The fourth-order valence-corrected chi connectivity index (χ4v) is 7.69. The highest BCUT2D eigenvalue weighted by atomic mass is 15.0. The van der Waals surface area contributed by atoms with Crippen LogP contribution in [-0.4, -0.2) is 27.4 Å². The van der Waals surface area contributed by atoms with E-state index in [-0.39, 0.29) is 0 Å². The standard InChI is InChI=1S/C55H45N5.2C2H6/c1-3-39(33-38(2)40-15-6-4-7-16-40)53-58-54(47-20-14-19-46(34-47)41-17-8-5-9-18-41)60-55(59-53)50-36-48(42-23-27-44(28-24-42)51-21-10-12-31-56-51)35-49(37-50)43-25-29-45(30-26-43)52-22-11-13-32-57-52;2*1-2/h3-9,14-37H,10-13H2,1-2H3;2*1-2H3/b38-33+,39-3+;;. The second kappa shape index (κ2) is 22.1. The van der Waals surface area contributed by atoms with E-state index in [4.69, 9.17) is 15.0 Å². The van der Waals surface area contributed by atoms with Crippen molar-refractivity contribution >= 4 is 35.0 Å². The molecule has 3 heterocycles. The molecule has 0 bridgehead atoms. The first-order valence-corrected chi connectivity index (χ1v) is 22.7. The molecular formula is C59H57N5. The predicted molar refractivity (Wildman–Crippen MR) is 275 cm³/mol. The Morgan fingerprint density at radius 2 is 0.859 bits per heavy atom. The first-order chi connectivity index (χ1) is 31.6. The fraction of sp³-hybridized carbons (Fsp3) is 0.169. The van der Waals surface area contributed by atoms with E-state index in [1.165, 1.54) is 0 Å². The van der Waals surface area contributed by atoms with Crippen LogP contribution in [0.2, 0.25) is 0 Å². The molecule has 0 N–H and O–H groups in total. The first kappa shape index (κ1) is 44.7. The van der Waals surface area contributed by atoms with Crippen LogP contribution in [0, 0.1) is 0 Å². The minimum absolute atomic E-state index is 0.602. The summed E-state index contributed by atoms with van der Waals surface area (Å²) in [5.41, 5.74) is 15.9. The maximum absolute atomic E-state index is 5.27. The quantitative estimate of drug-likeness (QED) is 0.129. The van der Waals surface area contributed by atoms with Crippen LogP contribution in [0.15, 0.2) is 186 Å². The Morgan fingerprint density at radius 3 is 1.38 bits per heavy atom. The molecule has 0 aliphatic carbocycles. The van der Waals surface area contributed by atoms with Gasteiger partial charge in [0.15, 0.2) is 17.5 Å². The lowest BCUT2D eigenvalue weighted by Crippen LogP contribution is -2.03. The average Bonchev–Trinajstić information content (AvgIpc) is 3.40. The van der Waals surface area contributed by atoms with Gasteiger partial charge in [-0.15, -0.1) is 0 Å². The van der Waals surface area contributed by atoms with E-state index in [0.717, 1.165) is 109 Å². The van der Waals surface area contributed by atoms with Crippen molar-refractivity contribution < 1.29 is 0 Å². The molecule has 2 aliphatic rings. The highest BCUT2D eigenvalue weighted by molar-refractivity contribution is 5.85. The molecule has 0 saturated carbocycles. The van der Waals surface area contributed by atoms with Gasteiger partial charge in [-0.05, 0) is 126 Å². The van der Waals surface area contributed by atoms with Crippen LogP contribution in [-0.2, 0) is 0 Å². The van der Waals surface area contributed by atoms with Gasteiger partial charge >= 0.3 is 0 Å². The Kier molecular flexibility index (Phi) is 15.4. The van der Waals surface area contributed by atoms with Gasteiger partial charge in [-0.1, -0.05) is 173 Å². The van der Waals surface area contributed by atoms with Crippen LogP contribution in [0.4, 0.5) is 0 Å². The van der Waals surface area contributed by atoms with E-state index < -0.39 is 0 Å². The minimum Gasteiger partial charge on any atom is -0.261 e. The van der Waals surface area contributed by atoms with Crippen molar-refractivity contribution in [2.24, 2.45) is 9.98 Å². The van der Waals surface area contributed by atoms with Gasteiger partial charge in [0, 0.05) is 29.1 Å². The Morgan fingerprint density at radius 1 is 0.422 bits per heavy atom. The molecule has 64 heavy (non-hydrogen) atoms. The van der Waals surface area contributed by atoms with Gasteiger partial charge in [0.2, 0.25) is 0 Å². The molecule has 318 valence electrons. The molecular weight excluding hydrogens is 779 g/mol. The van der Waals surface area contributed by atoms with E-state index >= 15 is 0 Å². The molecule has 5 heteroatoms. The molecule has 0 saturated heterocycles. The van der Waals surface area contributed by atoms with Crippen LogP contribution >= 0.6 is 0 Å². The van der Waals surface area contributed by atoms with Gasteiger partial charge in [0.05, 0.1) is 11.4 Å². The van der Waals surface area contributed by atoms with Crippen molar-refractivity contribution in [3.8, 4) is 56.2 Å². The number of nitrogens with zero attached hydrogens (tertiary/aromatic N) is 5. The topological polar surface area (TPSA) is 63.4 Å². The molecule has 5 nitrogen and oxygen atoms in total. The van der Waals surface area contributed by atoms with E-state index in [1.807, 2.05) is 59.2 Å². The largest absolute Gasteiger partial charge is 0.261 e. The molecule has 0 atom stereocenters.